The molecule has 144 valence electrons. The van der Waals surface area contributed by atoms with Crippen molar-refractivity contribution in [3.05, 3.63) is 59.1 Å². The highest BCUT2D eigenvalue weighted by molar-refractivity contribution is 7.89. The summed E-state index contributed by atoms with van der Waals surface area (Å²) in [4.78, 5) is 12.7. The van der Waals surface area contributed by atoms with Crippen LogP contribution in [0, 0.1) is 5.92 Å². The molecule has 1 N–H and O–H groups in total. The molecule has 7 heteroatoms. The molecule has 1 heterocycles. The lowest BCUT2D eigenvalue weighted by Gasteiger charge is -2.29. The van der Waals surface area contributed by atoms with Crippen LogP contribution in [-0.4, -0.2) is 38.1 Å². The van der Waals surface area contributed by atoms with Gasteiger partial charge in [0.1, 0.15) is 0 Å². The first-order valence-corrected chi connectivity index (χ1v) is 10.8. The van der Waals surface area contributed by atoms with Gasteiger partial charge in [-0.3, -0.25) is 4.79 Å². The summed E-state index contributed by atoms with van der Waals surface area (Å²) >= 11 is 5.93. The molecule has 2 aromatic rings. The highest BCUT2D eigenvalue weighted by Crippen LogP contribution is 2.24. The summed E-state index contributed by atoms with van der Waals surface area (Å²) in [7, 11) is -3.57. The smallest absolute Gasteiger partial charge is 0.243 e. The average Bonchev–Trinajstić information content (AvgIpc) is 2.66. The van der Waals surface area contributed by atoms with Crippen molar-refractivity contribution in [3.63, 3.8) is 0 Å². The van der Waals surface area contributed by atoms with Crippen molar-refractivity contribution in [2.45, 2.75) is 24.7 Å². The van der Waals surface area contributed by atoms with Crippen LogP contribution < -0.4 is 5.32 Å². The quantitative estimate of drug-likeness (QED) is 0.735. The number of piperidine rings is 1. The van der Waals surface area contributed by atoms with Crippen molar-refractivity contribution in [2.24, 2.45) is 5.92 Å². The summed E-state index contributed by atoms with van der Waals surface area (Å²) in [5.41, 5.74) is 1.11. The van der Waals surface area contributed by atoms with Crippen molar-refractivity contribution in [1.82, 2.24) is 4.31 Å². The summed E-state index contributed by atoms with van der Waals surface area (Å²) in [6.45, 7) is 3.25. The Hall–Kier alpha value is -1.89. The van der Waals surface area contributed by atoms with Crippen LogP contribution in [0.1, 0.15) is 30.1 Å². The van der Waals surface area contributed by atoms with Gasteiger partial charge in [-0.15, -0.1) is 0 Å². The fourth-order valence-electron chi connectivity index (χ4n) is 3.09. The van der Waals surface area contributed by atoms with Crippen LogP contribution in [0.4, 0.5) is 5.69 Å². The normalized spacial score (nSPS) is 16.2. The number of nitrogens with zero attached hydrogens (tertiary/aromatic N) is 1. The van der Waals surface area contributed by atoms with Gasteiger partial charge in [-0.2, -0.15) is 4.31 Å². The Kier molecular flexibility index (Phi) is 6.19. The maximum atomic E-state index is 12.9. The number of Topliss-reactive ketones (excluding diaryl/α,β-unsaturated/α-hetero) is 1. The van der Waals surface area contributed by atoms with Gasteiger partial charge in [0.05, 0.1) is 11.4 Å². The Bertz CT molecular complexity index is 922. The zero-order valence-electron chi connectivity index (χ0n) is 15.2. The number of hydrogen-bond acceptors (Lipinski definition) is 4. The van der Waals surface area contributed by atoms with Crippen molar-refractivity contribution < 1.29 is 13.2 Å². The molecule has 2 aromatic carbocycles. The summed E-state index contributed by atoms with van der Waals surface area (Å²) < 4.78 is 27.3. The Balaban J connectivity index is 1.71. The van der Waals surface area contributed by atoms with Gasteiger partial charge in [-0.25, -0.2) is 8.42 Å². The van der Waals surface area contributed by atoms with Crippen LogP contribution >= 0.6 is 11.6 Å². The highest BCUT2D eigenvalue weighted by atomic mass is 35.5. The lowest BCUT2D eigenvalue weighted by molar-refractivity contribution is 0.101. The number of rotatable bonds is 6. The van der Waals surface area contributed by atoms with Crippen LogP contribution in [0.5, 0.6) is 0 Å². The van der Waals surface area contributed by atoms with Gasteiger partial charge in [-0.1, -0.05) is 36.7 Å². The molecule has 0 saturated carbocycles. The van der Waals surface area contributed by atoms with E-state index in [-0.39, 0.29) is 17.2 Å². The third kappa shape index (κ3) is 4.89. The van der Waals surface area contributed by atoms with Crippen molar-refractivity contribution >= 4 is 33.1 Å². The minimum absolute atomic E-state index is 0.0606. The number of carbonyl (C=O) groups excluding carboxylic acids is 1. The fourth-order valence-corrected chi connectivity index (χ4v) is 4.79. The van der Waals surface area contributed by atoms with Crippen molar-refractivity contribution in [1.29, 1.82) is 0 Å². The summed E-state index contributed by atoms with van der Waals surface area (Å²) in [6, 6.07) is 13.4. The molecule has 1 fully saturated rings. The molecular weight excluding hydrogens is 384 g/mol. The van der Waals surface area contributed by atoms with Gasteiger partial charge >= 0.3 is 0 Å². The maximum Gasteiger partial charge on any atom is 0.243 e. The number of halogens is 1. The minimum Gasteiger partial charge on any atom is -0.378 e. The summed E-state index contributed by atoms with van der Waals surface area (Å²) in [5, 5.41) is 3.60. The first kappa shape index (κ1) is 19.9. The van der Waals surface area contributed by atoms with Crippen molar-refractivity contribution in [3.8, 4) is 0 Å². The zero-order valence-corrected chi connectivity index (χ0v) is 16.8. The number of nitrogens with one attached hydrogen (secondary N) is 1. The van der Waals surface area contributed by atoms with Gasteiger partial charge in [0.15, 0.2) is 5.78 Å². The van der Waals surface area contributed by atoms with Gasteiger partial charge in [0.25, 0.3) is 0 Å². The first-order chi connectivity index (χ1) is 12.9. The molecule has 0 unspecified atom stereocenters. The SMILES string of the molecule is CC1CCN(S(=O)(=O)c2cccc(C(=O)CNc3cccc(Cl)c3)c2)CC1. The second kappa shape index (κ2) is 8.42. The second-order valence-electron chi connectivity index (χ2n) is 6.90. The Morgan fingerprint density at radius 3 is 2.56 bits per heavy atom. The molecule has 0 atom stereocenters. The van der Waals surface area contributed by atoms with E-state index >= 15 is 0 Å². The molecule has 5 nitrogen and oxygen atoms in total. The molecule has 0 aromatic heterocycles. The van der Waals surface area contributed by atoms with E-state index in [1.165, 1.54) is 10.4 Å². The molecule has 0 bridgehead atoms. The van der Waals surface area contributed by atoms with Gasteiger partial charge < -0.3 is 5.32 Å². The Morgan fingerprint density at radius 1 is 1.15 bits per heavy atom. The van der Waals surface area contributed by atoms with E-state index in [1.807, 2.05) is 6.07 Å². The van der Waals surface area contributed by atoms with Crippen LogP contribution in [-0.2, 0) is 10.0 Å². The van der Waals surface area contributed by atoms with E-state index in [9.17, 15) is 13.2 Å². The molecule has 3 rings (SSSR count). The third-order valence-corrected chi connectivity index (χ3v) is 6.94. The molecule has 0 spiro atoms. The van der Waals surface area contributed by atoms with E-state index in [1.54, 1.807) is 36.4 Å². The molecule has 1 saturated heterocycles. The van der Waals surface area contributed by atoms with E-state index < -0.39 is 10.0 Å². The monoisotopic (exact) mass is 406 g/mol. The lowest BCUT2D eigenvalue weighted by atomic mass is 10.0. The summed E-state index contributed by atoms with van der Waals surface area (Å²) in [6.07, 6.45) is 1.73. The molecule has 0 amide bonds. The standard InChI is InChI=1S/C20H23ClN2O3S/c1-15-8-10-23(11-9-15)27(25,26)19-7-2-4-16(12-19)20(24)14-22-18-6-3-5-17(21)13-18/h2-7,12-13,15,22H,8-11,14H2,1H3. The number of anilines is 1. The number of ketones is 1. The van der Waals surface area contributed by atoms with Crippen LogP contribution in [0.2, 0.25) is 5.02 Å². The lowest BCUT2D eigenvalue weighted by Crippen LogP contribution is -2.37. The Labute approximate surface area is 165 Å². The van der Waals surface area contributed by atoms with Gasteiger partial charge in [-0.05, 0) is 49.1 Å². The van der Waals surface area contributed by atoms with Crippen molar-refractivity contribution in [2.75, 3.05) is 25.0 Å². The van der Waals surface area contributed by atoms with Gasteiger partial charge in [0.2, 0.25) is 10.0 Å². The predicted molar refractivity (Wildman–Crippen MR) is 108 cm³/mol. The number of benzene rings is 2. The van der Waals surface area contributed by atoms with Gasteiger partial charge in [0, 0.05) is 29.4 Å². The molecule has 0 aliphatic carbocycles. The van der Waals surface area contributed by atoms with E-state index in [2.05, 4.69) is 12.2 Å². The highest BCUT2D eigenvalue weighted by Gasteiger charge is 2.28. The van der Waals surface area contributed by atoms with E-state index in [4.69, 9.17) is 11.6 Å². The maximum absolute atomic E-state index is 12.9. The predicted octanol–water partition coefficient (Wildman–Crippen LogP) is 4.06. The van der Waals surface area contributed by atoms with E-state index in [0.29, 0.717) is 29.6 Å². The van der Waals surface area contributed by atoms with Crippen LogP contribution in [0.25, 0.3) is 0 Å². The number of sulfonamides is 1. The third-order valence-electron chi connectivity index (χ3n) is 4.81. The van der Waals surface area contributed by atoms with E-state index in [0.717, 1.165) is 18.5 Å². The second-order valence-corrected chi connectivity index (χ2v) is 9.28. The Morgan fingerprint density at radius 2 is 1.85 bits per heavy atom. The molecular formula is C20H23ClN2O3S. The minimum atomic E-state index is -3.57. The molecule has 27 heavy (non-hydrogen) atoms. The molecule has 1 aliphatic heterocycles. The van der Waals surface area contributed by atoms with Crippen LogP contribution in [0.3, 0.4) is 0 Å². The molecule has 1 aliphatic rings. The number of hydrogen-bond donors (Lipinski definition) is 1. The largest absolute Gasteiger partial charge is 0.378 e. The first-order valence-electron chi connectivity index (χ1n) is 8.99. The topological polar surface area (TPSA) is 66.5 Å². The fraction of sp³-hybridized carbons (Fsp3) is 0.350. The average molecular weight is 407 g/mol. The molecule has 0 radical (unpaired) electrons. The number of carbonyl (C=O) groups is 1. The summed E-state index contributed by atoms with van der Waals surface area (Å²) in [5.74, 6) is 0.362. The zero-order chi connectivity index (χ0) is 19.4. The van der Waals surface area contributed by atoms with Crippen LogP contribution in [0.15, 0.2) is 53.4 Å².